The molecule has 0 aliphatic rings. The van der Waals surface area contributed by atoms with Crippen molar-refractivity contribution < 1.29 is 4.74 Å². The maximum absolute atomic E-state index is 5.55. The molecule has 0 bridgehead atoms. The van der Waals surface area contributed by atoms with E-state index in [-0.39, 0.29) is 0 Å². The van der Waals surface area contributed by atoms with Crippen LogP contribution in [0.5, 0.6) is 0 Å². The summed E-state index contributed by atoms with van der Waals surface area (Å²) in [4.78, 5) is 10.6. The van der Waals surface area contributed by atoms with Crippen molar-refractivity contribution in [3.63, 3.8) is 0 Å². The Labute approximate surface area is 114 Å². The average molecular weight is 265 g/mol. The highest BCUT2D eigenvalue weighted by Gasteiger charge is 2.08. The number of rotatable bonds is 7. The first-order valence-corrected chi connectivity index (χ1v) is 6.45. The van der Waals surface area contributed by atoms with Gasteiger partial charge in [0.1, 0.15) is 0 Å². The molecule has 19 heavy (non-hydrogen) atoms. The number of pyridine rings is 1. The highest BCUT2D eigenvalue weighted by atomic mass is 16.5. The number of aliphatic imine (C=N–C) groups is 1. The van der Waals surface area contributed by atoms with Gasteiger partial charge in [0, 0.05) is 45.7 Å². The van der Waals surface area contributed by atoms with E-state index in [0.29, 0.717) is 19.1 Å². The zero-order valence-electron chi connectivity index (χ0n) is 11.7. The van der Waals surface area contributed by atoms with Crippen molar-refractivity contribution in [2.75, 3.05) is 26.8 Å². The predicted octanol–water partition coefficient (Wildman–Crippen LogP) is 0.759. The Morgan fingerprint density at radius 2 is 2.21 bits per heavy atom. The van der Waals surface area contributed by atoms with Gasteiger partial charge in [0.2, 0.25) is 5.96 Å². The second-order valence-corrected chi connectivity index (χ2v) is 4.07. The van der Waals surface area contributed by atoms with Crippen molar-refractivity contribution >= 4 is 5.96 Å². The summed E-state index contributed by atoms with van der Waals surface area (Å²) >= 11 is 0. The van der Waals surface area contributed by atoms with E-state index < -0.39 is 0 Å². The zero-order valence-corrected chi connectivity index (χ0v) is 11.7. The van der Waals surface area contributed by atoms with Crippen LogP contribution >= 0.6 is 0 Å². The van der Waals surface area contributed by atoms with Crippen molar-refractivity contribution in [2.45, 2.75) is 19.9 Å². The number of hydrogen-bond acceptors (Lipinski definition) is 4. The number of ether oxygens (including phenoxy) is 1. The van der Waals surface area contributed by atoms with E-state index in [2.05, 4.69) is 27.2 Å². The highest BCUT2D eigenvalue weighted by molar-refractivity contribution is 5.79. The number of aromatic nitrogens is 1. The van der Waals surface area contributed by atoms with E-state index in [0.717, 1.165) is 19.5 Å². The third-order valence-corrected chi connectivity index (χ3v) is 2.70. The van der Waals surface area contributed by atoms with Crippen LogP contribution in [0.25, 0.3) is 0 Å². The van der Waals surface area contributed by atoms with Crippen LogP contribution in [-0.2, 0) is 11.3 Å². The molecule has 0 unspecified atom stereocenters. The lowest BCUT2D eigenvalue weighted by atomic mass is 10.2. The van der Waals surface area contributed by atoms with E-state index in [9.17, 15) is 0 Å². The number of methoxy groups -OCH3 is 1. The Balaban J connectivity index is 2.59. The van der Waals surface area contributed by atoms with Gasteiger partial charge in [-0.15, -0.1) is 0 Å². The monoisotopic (exact) mass is 265 g/mol. The van der Waals surface area contributed by atoms with Gasteiger partial charge in [-0.05, 0) is 31.0 Å². The summed E-state index contributed by atoms with van der Waals surface area (Å²) in [6.45, 7) is 5.06. The fraction of sp³-hybridized carbons (Fsp3) is 0.538. The van der Waals surface area contributed by atoms with Crippen LogP contribution < -0.4 is 11.3 Å². The fourth-order valence-electron chi connectivity index (χ4n) is 1.68. The smallest absolute Gasteiger partial charge is 0.208 e. The van der Waals surface area contributed by atoms with Crippen molar-refractivity contribution in [3.8, 4) is 0 Å². The Kier molecular flexibility index (Phi) is 7.53. The van der Waals surface area contributed by atoms with Crippen LogP contribution in [0.4, 0.5) is 0 Å². The Morgan fingerprint density at radius 1 is 1.47 bits per heavy atom. The van der Waals surface area contributed by atoms with Gasteiger partial charge in [-0.1, -0.05) is 0 Å². The number of guanidine groups is 1. The maximum Gasteiger partial charge on any atom is 0.208 e. The van der Waals surface area contributed by atoms with Crippen LogP contribution in [0.3, 0.4) is 0 Å². The van der Waals surface area contributed by atoms with E-state index in [4.69, 9.17) is 10.6 Å². The van der Waals surface area contributed by atoms with Gasteiger partial charge in [-0.3, -0.25) is 15.4 Å². The largest absolute Gasteiger partial charge is 0.385 e. The van der Waals surface area contributed by atoms with E-state index >= 15 is 0 Å². The Hall–Kier alpha value is -1.66. The van der Waals surface area contributed by atoms with Gasteiger partial charge < -0.3 is 9.64 Å². The molecule has 0 radical (unpaired) electrons. The van der Waals surface area contributed by atoms with E-state index in [1.165, 1.54) is 5.56 Å². The van der Waals surface area contributed by atoms with Gasteiger partial charge >= 0.3 is 0 Å². The van der Waals surface area contributed by atoms with E-state index in [1.54, 1.807) is 19.5 Å². The fourth-order valence-corrected chi connectivity index (χ4v) is 1.68. The predicted molar refractivity (Wildman–Crippen MR) is 76.4 cm³/mol. The summed E-state index contributed by atoms with van der Waals surface area (Å²) in [7, 11) is 1.69. The van der Waals surface area contributed by atoms with Crippen molar-refractivity contribution in [1.29, 1.82) is 0 Å². The lowest BCUT2D eigenvalue weighted by Crippen LogP contribution is -2.44. The molecule has 6 heteroatoms. The summed E-state index contributed by atoms with van der Waals surface area (Å²) in [6, 6.07) is 3.98. The molecule has 0 aliphatic carbocycles. The van der Waals surface area contributed by atoms with Crippen LogP contribution in [0.15, 0.2) is 29.5 Å². The minimum atomic E-state index is 0.695. The molecule has 1 aromatic rings. The molecule has 1 rings (SSSR count). The van der Waals surface area contributed by atoms with Crippen LogP contribution in [-0.4, -0.2) is 42.6 Å². The molecule has 1 aromatic heterocycles. The van der Waals surface area contributed by atoms with E-state index in [1.807, 2.05) is 12.1 Å². The van der Waals surface area contributed by atoms with Gasteiger partial charge in [-0.25, -0.2) is 5.84 Å². The van der Waals surface area contributed by atoms with Crippen LogP contribution in [0.1, 0.15) is 18.9 Å². The summed E-state index contributed by atoms with van der Waals surface area (Å²) in [5.41, 5.74) is 3.85. The molecule has 0 fully saturated rings. The second-order valence-electron chi connectivity index (χ2n) is 4.07. The zero-order chi connectivity index (χ0) is 13.9. The van der Waals surface area contributed by atoms with Gasteiger partial charge in [0.15, 0.2) is 0 Å². The van der Waals surface area contributed by atoms with Gasteiger partial charge in [0.25, 0.3) is 0 Å². The lowest BCUT2D eigenvalue weighted by molar-refractivity contribution is 0.197. The van der Waals surface area contributed by atoms with Crippen LogP contribution in [0, 0.1) is 0 Å². The molecule has 6 nitrogen and oxygen atoms in total. The quantitative estimate of drug-likeness (QED) is 0.250. The second kappa shape index (κ2) is 9.29. The summed E-state index contributed by atoms with van der Waals surface area (Å²) in [5.74, 6) is 6.26. The van der Waals surface area contributed by atoms with Gasteiger partial charge in [-0.2, -0.15) is 0 Å². The maximum atomic E-state index is 5.55. The first kappa shape index (κ1) is 15.4. The summed E-state index contributed by atoms with van der Waals surface area (Å²) < 4.78 is 5.00. The SMILES string of the molecule is CCN(Cc1ccncc1)C(=NCCCOC)NN. The number of nitrogens with zero attached hydrogens (tertiary/aromatic N) is 3. The molecule has 106 valence electrons. The third kappa shape index (κ3) is 5.67. The lowest BCUT2D eigenvalue weighted by Gasteiger charge is -2.24. The molecule has 0 spiro atoms. The molecular formula is C13H23N5O. The minimum absolute atomic E-state index is 0.695. The first-order valence-electron chi connectivity index (χ1n) is 6.45. The molecule has 0 aliphatic heterocycles. The normalized spacial score (nSPS) is 11.4. The molecule has 0 saturated heterocycles. The molecule has 0 amide bonds. The Bertz CT molecular complexity index is 369. The van der Waals surface area contributed by atoms with Crippen LogP contribution in [0.2, 0.25) is 0 Å². The Morgan fingerprint density at radius 3 is 2.79 bits per heavy atom. The highest BCUT2D eigenvalue weighted by Crippen LogP contribution is 2.03. The standard InChI is InChI=1S/C13H23N5O/c1-3-18(11-12-5-8-15-9-6-12)13(17-14)16-7-4-10-19-2/h5-6,8-9H,3-4,7,10-11,14H2,1-2H3,(H,16,17). The number of hydrogen-bond donors (Lipinski definition) is 2. The van der Waals surface area contributed by atoms with Crippen molar-refractivity contribution in [1.82, 2.24) is 15.3 Å². The number of nitrogens with one attached hydrogen (secondary N) is 1. The minimum Gasteiger partial charge on any atom is -0.385 e. The average Bonchev–Trinajstić information content (AvgIpc) is 2.46. The van der Waals surface area contributed by atoms with Crippen molar-refractivity contribution in [3.05, 3.63) is 30.1 Å². The summed E-state index contributed by atoms with van der Waals surface area (Å²) in [5, 5.41) is 0. The molecule has 3 N–H and O–H groups in total. The molecule has 0 aromatic carbocycles. The number of hydrazine groups is 1. The van der Waals surface area contributed by atoms with Crippen molar-refractivity contribution in [2.24, 2.45) is 10.8 Å². The van der Waals surface area contributed by atoms with Gasteiger partial charge in [0.05, 0.1) is 0 Å². The first-order chi connectivity index (χ1) is 9.31. The topological polar surface area (TPSA) is 75.8 Å². The summed E-state index contributed by atoms with van der Waals surface area (Å²) in [6.07, 6.45) is 4.46. The third-order valence-electron chi connectivity index (χ3n) is 2.70. The molecule has 0 atom stereocenters. The molecule has 1 heterocycles. The number of nitrogens with two attached hydrogens (primary N) is 1. The molecule has 0 saturated carbocycles. The molecular weight excluding hydrogens is 242 g/mol.